The van der Waals surface area contributed by atoms with E-state index < -0.39 is 0 Å². The molecule has 0 amide bonds. The molecule has 0 aliphatic carbocycles. The third-order valence-electron chi connectivity index (χ3n) is 1.94. The van der Waals surface area contributed by atoms with E-state index in [-0.39, 0.29) is 0 Å². The van der Waals surface area contributed by atoms with Crippen molar-refractivity contribution >= 4 is 16.9 Å². The summed E-state index contributed by atoms with van der Waals surface area (Å²) >= 11 is 1.89. The van der Waals surface area contributed by atoms with Crippen molar-refractivity contribution < 1.29 is 0 Å². The van der Waals surface area contributed by atoms with Crippen LogP contribution in [0.25, 0.3) is 0 Å². The molecule has 3 heteroatoms. The third kappa shape index (κ3) is 4.03. The van der Waals surface area contributed by atoms with Gasteiger partial charge in [-0.25, -0.2) is 0 Å². The number of amidine groups is 1. The lowest BCUT2D eigenvalue weighted by atomic mass is 9.97. The van der Waals surface area contributed by atoms with Gasteiger partial charge in [0.05, 0.1) is 6.54 Å². The number of thioether (sulfide) groups is 1. The fraction of sp³-hybridized carbons (Fsp3) is 0.900. The predicted octanol–water partition coefficient (Wildman–Crippen LogP) is 2.50. The Hall–Kier alpha value is -0.180. The Morgan fingerprint density at radius 2 is 2.23 bits per heavy atom. The van der Waals surface area contributed by atoms with Gasteiger partial charge in [-0.05, 0) is 11.8 Å². The summed E-state index contributed by atoms with van der Waals surface area (Å²) in [6.45, 7) is 10.9. The van der Waals surface area contributed by atoms with Crippen LogP contribution in [-0.2, 0) is 0 Å². The van der Waals surface area contributed by atoms with Crippen molar-refractivity contribution in [2.45, 2.75) is 39.4 Å². The normalized spacial score (nSPS) is 23.1. The highest BCUT2D eigenvalue weighted by Crippen LogP contribution is 2.22. The summed E-state index contributed by atoms with van der Waals surface area (Å²) in [7, 11) is 0. The topological polar surface area (TPSA) is 24.4 Å². The minimum absolute atomic E-state index is 0.341. The molecule has 1 aliphatic rings. The zero-order valence-corrected chi connectivity index (χ0v) is 9.87. The Labute approximate surface area is 85.6 Å². The van der Waals surface area contributed by atoms with Crippen LogP contribution in [0, 0.1) is 5.41 Å². The number of rotatable bonds is 2. The molecule has 1 heterocycles. The van der Waals surface area contributed by atoms with E-state index in [1.165, 1.54) is 6.42 Å². The molecule has 76 valence electrons. The largest absolute Gasteiger partial charge is 0.364 e. The zero-order valence-electron chi connectivity index (χ0n) is 9.05. The maximum atomic E-state index is 4.46. The van der Waals surface area contributed by atoms with Crippen molar-refractivity contribution in [3.05, 3.63) is 0 Å². The van der Waals surface area contributed by atoms with Gasteiger partial charge in [0.1, 0.15) is 0 Å². The molecule has 0 aromatic rings. The van der Waals surface area contributed by atoms with E-state index in [4.69, 9.17) is 0 Å². The van der Waals surface area contributed by atoms with E-state index in [9.17, 15) is 0 Å². The van der Waals surface area contributed by atoms with Crippen molar-refractivity contribution in [1.82, 2.24) is 5.32 Å². The molecule has 1 aliphatic heterocycles. The molecule has 0 radical (unpaired) electrons. The van der Waals surface area contributed by atoms with E-state index in [2.05, 4.69) is 38.0 Å². The van der Waals surface area contributed by atoms with Gasteiger partial charge in [-0.1, -0.05) is 39.5 Å². The lowest BCUT2D eigenvalue weighted by Crippen LogP contribution is -2.30. The lowest BCUT2D eigenvalue weighted by molar-refractivity contribution is 0.410. The van der Waals surface area contributed by atoms with Crippen molar-refractivity contribution in [2.75, 3.05) is 13.1 Å². The molecule has 0 saturated carbocycles. The number of hydrogen-bond donors (Lipinski definition) is 1. The number of nitrogens with one attached hydrogen (secondary N) is 1. The second-order valence-corrected chi connectivity index (χ2v) is 6.00. The molecule has 1 N–H and O–H groups in total. The van der Waals surface area contributed by atoms with Crippen LogP contribution < -0.4 is 5.32 Å². The summed E-state index contributed by atoms with van der Waals surface area (Å²) in [5, 5.41) is 5.25. The minimum Gasteiger partial charge on any atom is -0.364 e. The minimum atomic E-state index is 0.341. The number of nitrogens with zero attached hydrogens (tertiary/aromatic N) is 1. The van der Waals surface area contributed by atoms with Crippen LogP contribution in [-0.4, -0.2) is 23.5 Å². The van der Waals surface area contributed by atoms with E-state index >= 15 is 0 Å². The highest BCUT2D eigenvalue weighted by Gasteiger charge is 2.19. The Balaban J connectivity index is 2.25. The van der Waals surface area contributed by atoms with E-state index in [1.807, 2.05) is 11.8 Å². The van der Waals surface area contributed by atoms with Crippen molar-refractivity contribution in [2.24, 2.45) is 10.4 Å². The van der Waals surface area contributed by atoms with Crippen LogP contribution in [0.3, 0.4) is 0 Å². The third-order valence-corrected chi connectivity index (χ3v) is 3.25. The summed E-state index contributed by atoms with van der Waals surface area (Å²) in [4.78, 5) is 4.46. The molecule has 1 atom stereocenters. The van der Waals surface area contributed by atoms with Gasteiger partial charge in [-0.3, -0.25) is 4.99 Å². The Morgan fingerprint density at radius 1 is 1.54 bits per heavy atom. The second kappa shape index (κ2) is 4.36. The predicted molar refractivity (Wildman–Crippen MR) is 61.4 cm³/mol. The Bertz CT molecular complexity index is 194. The smallest absolute Gasteiger partial charge is 0.156 e. The fourth-order valence-corrected chi connectivity index (χ4v) is 2.00. The number of aliphatic imine (C=N–C) groups is 1. The monoisotopic (exact) mass is 200 g/mol. The average molecular weight is 200 g/mol. The molecule has 0 aromatic carbocycles. The lowest BCUT2D eigenvalue weighted by Gasteiger charge is -2.19. The van der Waals surface area contributed by atoms with Crippen LogP contribution in [0.2, 0.25) is 0 Å². The molecule has 0 saturated heterocycles. The Kier molecular flexibility index (Phi) is 3.65. The summed E-state index contributed by atoms with van der Waals surface area (Å²) in [6, 6.07) is 0. The van der Waals surface area contributed by atoms with Gasteiger partial charge >= 0.3 is 0 Å². The average Bonchev–Trinajstić information content (AvgIpc) is 2.47. The molecule has 1 rings (SSSR count). The van der Waals surface area contributed by atoms with Crippen LogP contribution in [0.4, 0.5) is 0 Å². The quantitative estimate of drug-likeness (QED) is 0.740. The summed E-state index contributed by atoms with van der Waals surface area (Å²) in [6.07, 6.45) is 1.22. The summed E-state index contributed by atoms with van der Waals surface area (Å²) < 4.78 is 0. The van der Waals surface area contributed by atoms with Gasteiger partial charge in [0.2, 0.25) is 0 Å². The first-order chi connectivity index (χ1) is 6.01. The van der Waals surface area contributed by atoms with E-state index in [0.29, 0.717) is 10.7 Å². The van der Waals surface area contributed by atoms with E-state index in [0.717, 1.165) is 18.3 Å². The fourth-order valence-electron chi connectivity index (χ4n) is 1.07. The van der Waals surface area contributed by atoms with Gasteiger partial charge in [-0.2, -0.15) is 0 Å². The van der Waals surface area contributed by atoms with Gasteiger partial charge in [0.25, 0.3) is 0 Å². The maximum Gasteiger partial charge on any atom is 0.156 e. The standard InChI is InChI=1S/C10H20N2S/c1-5-8-6-11-9(13-8)12-7-10(2,3)4/h8H,5-7H2,1-4H3,(H,11,12). The van der Waals surface area contributed by atoms with Gasteiger partial charge in [0, 0.05) is 11.8 Å². The zero-order chi connectivity index (χ0) is 9.90. The molecular weight excluding hydrogens is 180 g/mol. The maximum absolute atomic E-state index is 4.46. The molecule has 0 bridgehead atoms. The molecule has 2 nitrogen and oxygen atoms in total. The number of hydrogen-bond acceptors (Lipinski definition) is 3. The van der Waals surface area contributed by atoms with Crippen LogP contribution in [0.1, 0.15) is 34.1 Å². The van der Waals surface area contributed by atoms with Gasteiger partial charge in [0.15, 0.2) is 5.17 Å². The molecular formula is C10H20N2S. The van der Waals surface area contributed by atoms with Crippen LogP contribution >= 0.6 is 11.8 Å². The second-order valence-electron chi connectivity index (χ2n) is 4.71. The van der Waals surface area contributed by atoms with Gasteiger partial charge in [-0.15, -0.1) is 0 Å². The summed E-state index contributed by atoms with van der Waals surface area (Å²) in [5.41, 5.74) is 0.341. The highest BCUT2D eigenvalue weighted by molar-refractivity contribution is 8.14. The first-order valence-electron chi connectivity index (χ1n) is 4.96. The van der Waals surface area contributed by atoms with Crippen LogP contribution in [0.15, 0.2) is 4.99 Å². The molecule has 0 fully saturated rings. The van der Waals surface area contributed by atoms with Crippen molar-refractivity contribution in [3.63, 3.8) is 0 Å². The van der Waals surface area contributed by atoms with Crippen LogP contribution in [0.5, 0.6) is 0 Å². The summed E-state index contributed by atoms with van der Waals surface area (Å²) in [5.74, 6) is 0. The first-order valence-corrected chi connectivity index (χ1v) is 5.84. The highest BCUT2D eigenvalue weighted by atomic mass is 32.2. The SMILES string of the molecule is CCC1CN=C(NCC(C)(C)C)S1. The first kappa shape index (κ1) is 10.9. The molecule has 0 spiro atoms. The van der Waals surface area contributed by atoms with E-state index in [1.54, 1.807) is 0 Å². The van der Waals surface area contributed by atoms with Gasteiger partial charge < -0.3 is 5.32 Å². The molecule has 13 heavy (non-hydrogen) atoms. The van der Waals surface area contributed by atoms with Crippen molar-refractivity contribution in [1.29, 1.82) is 0 Å². The molecule has 1 unspecified atom stereocenters. The Morgan fingerprint density at radius 3 is 2.69 bits per heavy atom. The van der Waals surface area contributed by atoms with Crippen molar-refractivity contribution in [3.8, 4) is 0 Å². The molecule has 0 aromatic heterocycles.